The van der Waals surface area contributed by atoms with E-state index in [-0.39, 0.29) is 11.4 Å². The molecule has 14 heavy (non-hydrogen) atoms. The monoisotopic (exact) mass is 225 g/mol. The molecule has 0 atom stereocenters. The molecule has 70 valence electrons. The fraction of sp³-hybridized carbons (Fsp3) is 0.100. The van der Waals surface area contributed by atoms with Gasteiger partial charge in [0.1, 0.15) is 11.9 Å². The van der Waals surface area contributed by atoms with Gasteiger partial charge in [-0.3, -0.25) is 0 Å². The van der Waals surface area contributed by atoms with Crippen molar-refractivity contribution in [1.82, 2.24) is 0 Å². The highest BCUT2D eigenvalue weighted by Crippen LogP contribution is 2.30. The maximum atomic E-state index is 13.4. The van der Waals surface area contributed by atoms with Crippen LogP contribution >= 0.6 is 22.9 Å². The third-order valence-electron chi connectivity index (χ3n) is 2.02. The number of fused-ring (bicyclic) bond motifs is 1. The lowest BCUT2D eigenvalue weighted by Gasteiger charge is -2.01. The van der Waals surface area contributed by atoms with E-state index in [0.29, 0.717) is 5.39 Å². The van der Waals surface area contributed by atoms with Crippen molar-refractivity contribution < 1.29 is 4.39 Å². The zero-order valence-corrected chi connectivity index (χ0v) is 8.62. The second-order valence-electron chi connectivity index (χ2n) is 2.80. The maximum absolute atomic E-state index is 13.4. The van der Waals surface area contributed by atoms with Crippen LogP contribution in [0, 0.1) is 17.1 Å². The Labute approximate surface area is 89.3 Å². The minimum absolute atomic E-state index is 0.107. The van der Waals surface area contributed by atoms with Gasteiger partial charge in [0.2, 0.25) is 0 Å². The van der Waals surface area contributed by atoms with Crippen molar-refractivity contribution in [3.8, 4) is 6.07 Å². The van der Waals surface area contributed by atoms with Gasteiger partial charge in [-0.05, 0) is 23.1 Å². The Morgan fingerprint density at radius 2 is 2.36 bits per heavy atom. The number of nitrogens with zero attached hydrogens (tertiary/aromatic N) is 1. The summed E-state index contributed by atoms with van der Waals surface area (Å²) in [6.45, 7) is 0. The van der Waals surface area contributed by atoms with E-state index in [0.717, 1.165) is 10.3 Å². The summed E-state index contributed by atoms with van der Waals surface area (Å²) < 4.78 is 14.3. The average molecular weight is 226 g/mol. The normalized spacial score (nSPS) is 10.4. The van der Waals surface area contributed by atoms with Crippen molar-refractivity contribution in [2.24, 2.45) is 0 Å². The van der Waals surface area contributed by atoms with Crippen LogP contribution in [0.2, 0.25) is 0 Å². The number of alkyl halides is 1. The van der Waals surface area contributed by atoms with E-state index in [9.17, 15) is 4.39 Å². The Bertz CT molecular complexity index is 527. The predicted molar refractivity (Wildman–Crippen MR) is 56.1 cm³/mol. The molecular weight excluding hydrogens is 221 g/mol. The van der Waals surface area contributed by atoms with E-state index in [1.807, 2.05) is 11.4 Å². The molecular formula is C10H5ClFNS. The molecule has 0 saturated carbocycles. The van der Waals surface area contributed by atoms with Gasteiger partial charge in [-0.25, -0.2) is 4.39 Å². The Morgan fingerprint density at radius 1 is 1.57 bits per heavy atom. The summed E-state index contributed by atoms with van der Waals surface area (Å²) in [5.74, 6) is -0.228. The van der Waals surface area contributed by atoms with Crippen molar-refractivity contribution in [2.45, 2.75) is 5.88 Å². The van der Waals surface area contributed by atoms with E-state index in [1.54, 1.807) is 6.07 Å². The second kappa shape index (κ2) is 3.56. The molecule has 2 rings (SSSR count). The highest BCUT2D eigenvalue weighted by atomic mass is 35.5. The molecule has 0 aliphatic carbocycles. The quantitative estimate of drug-likeness (QED) is 0.680. The predicted octanol–water partition coefficient (Wildman–Crippen LogP) is 3.65. The molecule has 1 heterocycles. The number of rotatable bonds is 1. The Kier molecular flexibility index (Phi) is 2.40. The zero-order chi connectivity index (χ0) is 10.1. The van der Waals surface area contributed by atoms with Crippen molar-refractivity contribution >= 4 is 33.0 Å². The van der Waals surface area contributed by atoms with Gasteiger partial charge in [0, 0.05) is 16.0 Å². The number of thiophene rings is 1. The van der Waals surface area contributed by atoms with Gasteiger partial charge in [-0.1, -0.05) is 0 Å². The molecule has 0 saturated heterocycles. The Hall–Kier alpha value is -1.11. The SMILES string of the molecule is N#Cc1c(F)cc(CCl)c2sccc12. The summed E-state index contributed by atoms with van der Waals surface area (Å²) >= 11 is 7.16. The first-order valence-corrected chi connectivity index (χ1v) is 5.34. The molecule has 0 aliphatic rings. The van der Waals surface area contributed by atoms with Crippen LogP contribution in [0.25, 0.3) is 10.1 Å². The van der Waals surface area contributed by atoms with E-state index < -0.39 is 5.82 Å². The number of hydrogen-bond acceptors (Lipinski definition) is 2. The van der Waals surface area contributed by atoms with Crippen molar-refractivity contribution in [3.05, 3.63) is 34.5 Å². The molecule has 0 N–H and O–H groups in total. The minimum Gasteiger partial charge on any atom is -0.206 e. The Balaban J connectivity index is 2.90. The summed E-state index contributed by atoms with van der Waals surface area (Å²) in [6.07, 6.45) is 0. The summed E-state index contributed by atoms with van der Waals surface area (Å²) in [7, 11) is 0. The molecule has 0 radical (unpaired) electrons. The minimum atomic E-state index is -0.492. The summed E-state index contributed by atoms with van der Waals surface area (Å²) in [6, 6.07) is 4.95. The van der Waals surface area contributed by atoms with Crippen LogP contribution in [0.5, 0.6) is 0 Å². The molecule has 0 amide bonds. The summed E-state index contributed by atoms with van der Waals surface area (Å²) in [5, 5.41) is 11.3. The lowest BCUT2D eigenvalue weighted by Crippen LogP contribution is -1.88. The molecule has 2 aromatic rings. The highest BCUT2D eigenvalue weighted by molar-refractivity contribution is 7.17. The molecule has 1 aromatic heterocycles. The summed E-state index contributed by atoms with van der Waals surface area (Å²) in [4.78, 5) is 0. The van der Waals surface area contributed by atoms with Gasteiger partial charge in [0.25, 0.3) is 0 Å². The smallest absolute Gasteiger partial charge is 0.141 e. The molecule has 0 bridgehead atoms. The van der Waals surface area contributed by atoms with Gasteiger partial charge in [0.15, 0.2) is 0 Å². The second-order valence-corrected chi connectivity index (χ2v) is 3.98. The third-order valence-corrected chi connectivity index (χ3v) is 3.30. The molecule has 4 heteroatoms. The molecule has 0 aliphatic heterocycles. The van der Waals surface area contributed by atoms with Crippen LogP contribution in [-0.2, 0) is 5.88 Å². The fourth-order valence-corrected chi connectivity index (χ4v) is 2.60. The van der Waals surface area contributed by atoms with Gasteiger partial charge in [-0.15, -0.1) is 22.9 Å². The van der Waals surface area contributed by atoms with Gasteiger partial charge in [-0.2, -0.15) is 5.26 Å². The molecule has 1 nitrogen and oxygen atoms in total. The van der Waals surface area contributed by atoms with Crippen LogP contribution in [-0.4, -0.2) is 0 Å². The number of halogens is 2. The molecule has 1 aromatic carbocycles. The van der Waals surface area contributed by atoms with E-state index in [1.165, 1.54) is 17.4 Å². The zero-order valence-electron chi connectivity index (χ0n) is 7.05. The van der Waals surface area contributed by atoms with Gasteiger partial charge < -0.3 is 0 Å². The van der Waals surface area contributed by atoms with Crippen molar-refractivity contribution in [2.75, 3.05) is 0 Å². The third kappa shape index (κ3) is 1.28. The lowest BCUT2D eigenvalue weighted by atomic mass is 10.1. The first-order valence-electron chi connectivity index (χ1n) is 3.92. The van der Waals surface area contributed by atoms with Crippen LogP contribution in [0.3, 0.4) is 0 Å². The van der Waals surface area contributed by atoms with E-state index in [2.05, 4.69) is 0 Å². The number of nitriles is 1. The fourth-order valence-electron chi connectivity index (χ4n) is 1.39. The van der Waals surface area contributed by atoms with Crippen molar-refractivity contribution in [3.63, 3.8) is 0 Å². The molecule has 0 fully saturated rings. The average Bonchev–Trinajstić information content (AvgIpc) is 2.65. The van der Waals surface area contributed by atoms with E-state index in [4.69, 9.17) is 16.9 Å². The van der Waals surface area contributed by atoms with Crippen LogP contribution in [0.1, 0.15) is 11.1 Å². The number of benzene rings is 1. The highest BCUT2D eigenvalue weighted by Gasteiger charge is 2.11. The van der Waals surface area contributed by atoms with Crippen LogP contribution < -0.4 is 0 Å². The van der Waals surface area contributed by atoms with Gasteiger partial charge in [0.05, 0.1) is 5.56 Å². The first kappa shape index (κ1) is 9.45. The molecule has 0 unspecified atom stereocenters. The standard InChI is InChI=1S/C10H5ClFNS/c11-4-6-3-9(12)8(5-13)7-1-2-14-10(6)7/h1-3H,4H2. The summed E-state index contributed by atoms with van der Waals surface area (Å²) in [5.41, 5.74) is 0.850. The first-order chi connectivity index (χ1) is 6.77. The van der Waals surface area contributed by atoms with Crippen LogP contribution in [0.4, 0.5) is 4.39 Å². The van der Waals surface area contributed by atoms with Crippen molar-refractivity contribution in [1.29, 1.82) is 5.26 Å². The Morgan fingerprint density at radius 3 is 3.00 bits per heavy atom. The number of hydrogen-bond donors (Lipinski definition) is 0. The lowest BCUT2D eigenvalue weighted by molar-refractivity contribution is 0.625. The molecule has 0 spiro atoms. The maximum Gasteiger partial charge on any atom is 0.141 e. The largest absolute Gasteiger partial charge is 0.206 e. The van der Waals surface area contributed by atoms with E-state index >= 15 is 0 Å². The van der Waals surface area contributed by atoms with Gasteiger partial charge >= 0.3 is 0 Å². The van der Waals surface area contributed by atoms with Crippen LogP contribution in [0.15, 0.2) is 17.5 Å². The topological polar surface area (TPSA) is 23.8 Å².